The van der Waals surface area contributed by atoms with Gasteiger partial charge >= 0.3 is 0 Å². The fourth-order valence-electron chi connectivity index (χ4n) is 1.80. The molecule has 0 N–H and O–H groups in total. The summed E-state index contributed by atoms with van der Waals surface area (Å²) in [5.74, 6) is 0. The summed E-state index contributed by atoms with van der Waals surface area (Å²) in [6, 6.07) is 10.3. The Hall–Kier alpha value is -1.16. The van der Waals surface area contributed by atoms with Crippen LogP contribution in [0.4, 0.5) is 0 Å². The van der Waals surface area contributed by atoms with Crippen molar-refractivity contribution in [3.05, 3.63) is 60.3 Å². The van der Waals surface area contributed by atoms with Crippen molar-refractivity contribution in [3.8, 4) is 0 Å². The Bertz CT molecular complexity index is 407. The smallest absolute Gasteiger partial charge is 0.100 e. The molecule has 1 unspecified atom stereocenters. The maximum atomic E-state index is 5.49. The number of benzene rings is 1. The van der Waals surface area contributed by atoms with E-state index < -0.39 is 8.07 Å². The summed E-state index contributed by atoms with van der Waals surface area (Å²) in [5, 5.41) is 0. The summed E-state index contributed by atoms with van der Waals surface area (Å²) in [7, 11) is -1.14. The van der Waals surface area contributed by atoms with E-state index in [1.165, 1.54) is 5.56 Å². The van der Waals surface area contributed by atoms with Crippen LogP contribution in [0.5, 0.6) is 0 Å². The largest absolute Gasteiger partial charge is 0.232 e. The van der Waals surface area contributed by atoms with Crippen LogP contribution in [-0.4, -0.2) is 20.8 Å². The summed E-state index contributed by atoms with van der Waals surface area (Å²) in [6.45, 7) is 11.2. The molecule has 2 nitrogen and oxygen atoms in total. The van der Waals surface area contributed by atoms with Gasteiger partial charge in [-0.05, 0) is 12.0 Å². The van der Waals surface area contributed by atoms with Gasteiger partial charge in [-0.25, -0.2) is 9.78 Å². The highest BCUT2D eigenvalue weighted by Gasteiger charge is 2.10. The van der Waals surface area contributed by atoms with E-state index in [-0.39, 0.29) is 6.10 Å². The van der Waals surface area contributed by atoms with Crippen LogP contribution in [0.25, 0.3) is 0 Å². The van der Waals surface area contributed by atoms with Gasteiger partial charge < -0.3 is 0 Å². The third-order valence-electron chi connectivity index (χ3n) is 2.72. The zero-order valence-corrected chi connectivity index (χ0v) is 13.8. The zero-order valence-electron chi connectivity index (χ0n) is 12.8. The Labute approximate surface area is 124 Å². The molecule has 0 aliphatic heterocycles. The Morgan fingerprint density at radius 3 is 2.50 bits per heavy atom. The van der Waals surface area contributed by atoms with Crippen LogP contribution in [0.3, 0.4) is 0 Å². The molecule has 1 aromatic rings. The van der Waals surface area contributed by atoms with E-state index in [1.54, 1.807) is 0 Å². The molecular formula is C17H26O2Si. The van der Waals surface area contributed by atoms with Crippen LogP contribution in [0.15, 0.2) is 54.8 Å². The quantitative estimate of drug-likeness (QED) is 0.218. The third kappa shape index (κ3) is 8.10. The summed E-state index contributed by atoms with van der Waals surface area (Å²) in [5.41, 5.74) is 3.51. The molecule has 0 aliphatic rings. The normalized spacial score (nSPS) is 13.6. The SMILES string of the molecule is C=CCC(Cc1ccccc1)OOC/C=C\[Si](C)(C)C. The maximum Gasteiger partial charge on any atom is 0.100 e. The predicted molar refractivity (Wildman–Crippen MR) is 88.3 cm³/mol. The van der Waals surface area contributed by atoms with E-state index in [9.17, 15) is 0 Å². The monoisotopic (exact) mass is 290 g/mol. The molecule has 0 spiro atoms. The summed E-state index contributed by atoms with van der Waals surface area (Å²) >= 11 is 0. The van der Waals surface area contributed by atoms with E-state index in [1.807, 2.05) is 24.3 Å². The number of hydrogen-bond donors (Lipinski definition) is 0. The van der Waals surface area contributed by atoms with Crippen molar-refractivity contribution >= 4 is 8.07 Å². The Morgan fingerprint density at radius 2 is 1.90 bits per heavy atom. The predicted octanol–water partition coefficient (Wildman–Crippen LogP) is 4.56. The van der Waals surface area contributed by atoms with Crippen molar-refractivity contribution < 1.29 is 9.78 Å². The van der Waals surface area contributed by atoms with E-state index >= 15 is 0 Å². The van der Waals surface area contributed by atoms with E-state index in [0.717, 1.165) is 12.8 Å². The molecule has 3 heteroatoms. The van der Waals surface area contributed by atoms with Gasteiger partial charge in [0.25, 0.3) is 0 Å². The molecule has 1 rings (SSSR count). The second kappa shape index (κ2) is 8.90. The maximum absolute atomic E-state index is 5.49. The molecule has 0 fully saturated rings. The van der Waals surface area contributed by atoms with Crippen molar-refractivity contribution in [3.63, 3.8) is 0 Å². The third-order valence-corrected chi connectivity index (χ3v) is 3.96. The first-order valence-corrected chi connectivity index (χ1v) is 10.7. The van der Waals surface area contributed by atoms with Gasteiger partial charge in [-0.2, -0.15) is 0 Å². The van der Waals surface area contributed by atoms with E-state index in [2.05, 4.69) is 50.1 Å². The lowest BCUT2D eigenvalue weighted by Crippen LogP contribution is -2.17. The molecule has 1 atom stereocenters. The number of rotatable bonds is 9. The molecule has 0 saturated carbocycles. The lowest BCUT2D eigenvalue weighted by Gasteiger charge is -2.15. The lowest BCUT2D eigenvalue weighted by molar-refractivity contribution is -0.315. The minimum absolute atomic E-state index is 0.0233. The van der Waals surface area contributed by atoms with Gasteiger partial charge in [0.2, 0.25) is 0 Å². The zero-order chi connectivity index (χ0) is 14.8. The van der Waals surface area contributed by atoms with Gasteiger partial charge in [0.05, 0.1) is 8.07 Å². The van der Waals surface area contributed by atoms with Crippen LogP contribution in [-0.2, 0) is 16.2 Å². The fourth-order valence-corrected chi connectivity index (χ4v) is 2.60. The van der Waals surface area contributed by atoms with Gasteiger partial charge in [0.15, 0.2) is 0 Å². The second-order valence-corrected chi connectivity index (χ2v) is 11.1. The first-order chi connectivity index (χ1) is 9.51. The van der Waals surface area contributed by atoms with Crippen LogP contribution < -0.4 is 0 Å². The molecule has 0 heterocycles. The molecule has 0 aromatic heterocycles. The van der Waals surface area contributed by atoms with Crippen molar-refractivity contribution in [2.24, 2.45) is 0 Å². The van der Waals surface area contributed by atoms with E-state index in [4.69, 9.17) is 9.78 Å². The Kier molecular flexibility index (Phi) is 7.52. The average Bonchev–Trinajstić information content (AvgIpc) is 2.38. The highest BCUT2D eigenvalue weighted by molar-refractivity contribution is 6.80. The highest BCUT2D eigenvalue weighted by Crippen LogP contribution is 2.10. The Balaban J connectivity index is 2.36. The minimum Gasteiger partial charge on any atom is -0.232 e. The van der Waals surface area contributed by atoms with Crippen molar-refractivity contribution in [2.75, 3.05) is 6.61 Å². The molecule has 0 aliphatic carbocycles. The summed E-state index contributed by atoms with van der Waals surface area (Å²) in [6.07, 6.45) is 5.57. The molecular weight excluding hydrogens is 264 g/mol. The minimum atomic E-state index is -1.14. The first-order valence-electron chi connectivity index (χ1n) is 7.12. The molecule has 0 radical (unpaired) electrons. The van der Waals surface area contributed by atoms with Crippen LogP contribution in [0.2, 0.25) is 19.6 Å². The molecule has 0 bridgehead atoms. The van der Waals surface area contributed by atoms with Crippen LogP contribution in [0, 0.1) is 0 Å². The van der Waals surface area contributed by atoms with Crippen molar-refractivity contribution in [1.29, 1.82) is 0 Å². The molecule has 1 aromatic carbocycles. The van der Waals surface area contributed by atoms with Gasteiger partial charge in [0.1, 0.15) is 12.7 Å². The van der Waals surface area contributed by atoms with E-state index in [0.29, 0.717) is 6.61 Å². The first kappa shape index (κ1) is 16.9. The second-order valence-electron chi connectivity index (χ2n) is 5.99. The lowest BCUT2D eigenvalue weighted by atomic mass is 10.1. The Morgan fingerprint density at radius 1 is 1.20 bits per heavy atom. The van der Waals surface area contributed by atoms with Crippen LogP contribution >= 0.6 is 0 Å². The topological polar surface area (TPSA) is 18.5 Å². The summed E-state index contributed by atoms with van der Waals surface area (Å²) < 4.78 is 0. The van der Waals surface area contributed by atoms with Gasteiger partial charge in [-0.15, -0.1) is 6.58 Å². The molecule has 110 valence electrons. The van der Waals surface area contributed by atoms with Gasteiger partial charge in [0, 0.05) is 6.42 Å². The van der Waals surface area contributed by atoms with Crippen molar-refractivity contribution in [1.82, 2.24) is 0 Å². The standard InChI is InChI=1S/C17H26O2Si/c1-5-10-17(15-16-11-7-6-8-12-16)19-18-13-9-14-20(2,3)4/h5-9,11-12,14,17H,1,10,13,15H2,2-4H3/b14-9-. The van der Waals surface area contributed by atoms with Crippen molar-refractivity contribution in [2.45, 2.75) is 38.6 Å². The van der Waals surface area contributed by atoms with Crippen LogP contribution in [0.1, 0.15) is 12.0 Å². The fraction of sp³-hybridized carbons (Fsp3) is 0.412. The highest BCUT2D eigenvalue weighted by atomic mass is 28.3. The average molecular weight is 290 g/mol. The number of hydrogen-bond acceptors (Lipinski definition) is 2. The molecule has 20 heavy (non-hydrogen) atoms. The van der Waals surface area contributed by atoms with Gasteiger partial charge in [-0.3, -0.25) is 0 Å². The van der Waals surface area contributed by atoms with Gasteiger partial charge in [-0.1, -0.05) is 67.8 Å². The molecule has 0 amide bonds. The summed E-state index contributed by atoms with van der Waals surface area (Å²) in [4.78, 5) is 10.8. The molecule has 0 saturated heterocycles.